The molecule has 7 rings (SSSR count). The van der Waals surface area contributed by atoms with Gasteiger partial charge in [-0.15, -0.1) is 0 Å². The van der Waals surface area contributed by atoms with Crippen molar-refractivity contribution >= 4 is 43.7 Å². The number of alkyl halides is 12. The molecule has 0 N–H and O–H groups in total. The SMILES string of the molecule is C[S+](=O)(CC(=O)c1ccc(-c2ccccc2)cc1)c1ccccc1.FC(F)(F)c1ccc([B-](c2ccc(C(F)(F)F)cc2)(c2ccc(C(F)(F)F)cc2)c2ccc(C(F)(F)F)cc2)cc1. The van der Waals surface area contributed by atoms with Gasteiger partial charge in [-0.25, -0.2) is 0 Å². The van der Waals surface area contributed by atoms with Gasteiger partial charge in [0.2, 0.25) is 5.78 Å². The Morgan fingerprint density at radius 1 is 0.400 bits per heavy atom. The Balaban J connectivity index is 0.000000247. The molecule has 0 heterocycles. The number of carbonyl (C=O) groups is 1. The van der Waals surface area contributed by atoms with Gasteiger partial charge in [-0.05, 0) is 23.3 Å². The highest BCUT2D eigenvalue weighted by Crippen LogP contribution is 2.33. The van der Waals surface area contributed by atoms with Crippen molar-refractivity contribution in [3.05, 3.63) is 210 Å². The second-order valence-corrected chi connectivity index (χ2v) is 17.9. The van der Waals surface area contributed by atoms with Crippen molar-refractivity contribution in [2.45, 2.75) is 29.6 Å². The smallest absolute Gasteiger partial charge is 0.289 e. The summed E-state index contributed by atoms with van der Waals surface area (Å²) in [5.74, 6) is -0.0622. The van der Waals surface area contributed by atoms with Gasteiger partial charge in [0, 0.05) is 5.56 Å². The zero-order valence-electron chi connectivity index (χ0n) is 33.9. The number of ketones is 1. The van der Waals surface area contributed by atoms with Crippen LogP contribution in [0.25, 0.3) is 11.1 Å². The van der Waals surface area contributed by atoms with Gasteiger partial charge < -0.3 is 0 Å². The third kappa shape index (κ3) is 11.1. The van der Waals surface area contributed by atoms with E-state index in [1.807, 2.05) is 84.9 Å². The van der Waals surface area contributed by atoms with Crippen molar-refractivity contribution in [2.75, 3.05) is 12.0 Å². The molecular weight excluding hydrogens is 891 g/mol. The standard InChI is InChI=1S/C28H16BF12.C21H19O2S/c30-25(31,32)17-1-9-21(10-2-17)29(22-11-3-18(4-12-22)26(33,34)35,23-13-5-19(6-14-23)27(36,37)38)24-15-7-20(8-16-24)28(39,40)41;1-24(23,20-10-6-3-7-11-20)16-21(22)19-14-12-18(13-15-19)17-8-4-2-5-9-17/h1-16H;2-15H,16H2,1H3/q-1;+1. The highest BCUT2D eigenvalue weighted by molar-refractivity contribution is 8.03. The van der Waals surface area contributed by atoms with Crippen LogP contribution in [0.1, 0.15) is 32.6 Å². The topological polar surface area (TPSA) is 34.1 Å². The predicted octanol–water partition coefficient (Wildman–Crippen LogP) is 11.9. The van der Waals surface area contributed by atoms with E-state index in [0.29, 0.717) is 54.1 Å². The molecule has 0 aliphatic carbocycles. The second kappa shape index (κ2) is 18.6. The number of hydrogen-bond donors (Lipinski definition) is 0. The molecule has 0 aromatic heterocycles. The molecule has 0 fully saturated rings. The van der Waals surface area contributed by atoms with Gasteiger partial charge >= 0.3 is 24.7 Å². The molecule has 0 amide bonds. The molecule has 7 aromatic carbocycles. The fourth-order valence-electron chi connectivity index (χ4n) is 7.60. The molecule has 0 bridgehead atoms. The lowest BCUT2D eigenvalue weighted by atomic mass is 9.13. The minimum absolute atomic E-state index is 0.0114. The predicted molar refractivity (Wildman–Crippen MR) is 230 cm³/mol. The average Bonchev–Trinajstić information content (AvgIpc) is 3.27. The van der Waals surface area contributed by atoms with Gasteiger partial charge in [-0.1, -0.05) is 174 Å². The number of hydrogen-bond acceptors (Lipinski definition) is 2. The van der Waals surface area contributed by atoms with Crippen LogP contribution >= 0.6 is 0 Å². The molecule has 336 valence electrons. The molecule has 0 saturated heterocycles. The number of carbonyl (C=O) groups excluding carboxylic acids is 1. The molecule has 16 heteroatoms. The Morgan fingerprint density at radius 3 is 0.969 bits per heavy atom. The maximum absolute atomic E-state index is 13.3. The molecule has 7 aromatic rings. The Hall–Kier alpha value is -6.42. The van der Waals surface area contributed by atoms with Gasteiger partial charge in [0.1, 0.15) is 22.3 Å². The average molecular weight is 927 g/mol. The van der Waals surface area contributed by atoms with Gasteiger partial charge in [-0.2, -0.15) is 74.5 Å². The van der Waals surface area contributed by atoms with Crippen molar-refractivity contribution in [1.82, 2.24) is 0 Å². The van der Waals surface area contributed by atoms with E-state index in [9.17, 15) is 61.7 Å². The van der Waals surface area contributed by atoms with Crippen molar-refractivity contribution in [3.63, 3.8) is 0 Å². The van der Waals surface area contributed by atoms with Crippen LogP contribution < -0.4 is 21.9 Å². The molecule has 0 aliphatic rings. The lowest BCUT2D eigenvalue weighted by Crippen LogP contribution is -2.74. The summed E-state index contributed by atoms with van der Waals surface area (Å²) in [4.78, 5) is 13.2. The second-order valence-electron chi connectivity index (χ2n) is 15.2. The van der Waals surface area contributed by atoms with E-state index in [4.69, 9.17) is 0 Å². The number of Topliss-reactive ketones (excluding diaryl/α,β-unsaturated/α-hetero) is 1. The summed E-state index contributed by atoms with van der Waals surface area (Å²) in [6.45, 7) is 0. The Bertz CT molecular complexity index is 2500. The van der Waals surface area contributed by atoms with Gasteiger partial charge in [-0.3, -0.25) is 4.79 Å². The highest BCUT2D eigenvalue weighted by Gasteiger charge is 2.38. The molecular formula is C49H35BF12O2S. The van der Waals surface area contributed by atoms with Crippen molar-refractivity contribution in [1.29, 1.82) is 0 Å². The summed E-state index contributed by atoms with van der Waals surface area (Å²) >= 11 is 0. The number of rotatable bonds is 9. The maximum Gasteiger partial charge on any atom is 0.416 e. The van der Waals surface area contributed by atoms with Gasteiger partial charge in [0.15, 0.2) is 10.6 Å². The van der Waals surface area contributed by atoms with E-state index in [-0.39, 0.29) is 33.4 Å². The van der Waals surface area contributed by atoms with Crippen molar-refractivity contribution in [2.24, 2.45) is 0 Å². The minimum atomic E-state index is -4.77. The summed E-state index contributed by atoms with van der Waals surface area (Å²) in [5, 5.41) is 0. The molecule has 0 spiro atoms. The van der Waals surface area contributed by atoms with Gasteiger partial charge in [0.05, 0.1) is 22.3 Å². The number of halogens is 12. The first-order chi connectivity index (χ1) is 30.4. The van der Waals surface area contributed by atoms with Crippen LogP contribution in [0.4, 0.5) is 52.7 Å². The van der Waals surface area contributed by atoms with Crippen LogP contribution in [0.5, 0.6) is 0 Å². The molecule has 0 radical (unpaired) electrons. The summed E-state index contributed by atoms with van der Waals surface area (Å²) < 4.78 is 173. The molecule has 2 nitrogen and oxygen atoms in total. The summed E-state index contributed by atoms with van der Waals surface area (Å²) in [6, 6.07) is 40.3. The molecule has 1 atom stereocenters. The first-order valence-corrected chi connectivity index (χ1v) is 21.6. The summed E-state index contributed by atoms with van der Waals surface area (Å²) in [6.07, 6.45) is -20.3. The summed E-state index contributed by atoms with van der Waals surface area (Å²) in [7, 11) is -2.37. The molecule has 65 heavy (non-hydrogen) atoms. The Morgan fingerprint density at radius 2 is 0.677 bits per heavy atom. The van der Waals surface area contributed by atoms with Crippen molar-refractivity contribution < 1.29 is 61.7 Å². The fraction of sp³-hybridized carbons (Fsp3) is 0.122. The van der Waals surface area contributed by atoms with Crippen LogP contribution in [0.15, 0.2) is 187 Å². The van der Waals surface area contributed by atoms with Gasteiger partial charge in [0.25, 0.3) is 0 Å². The molecule has 0 saturated carbocycles. The van der Waals surface area contributed by atoms with E-state index >= 15 is 0 Å². The highest BCUT2D eigenvalue weighted by atomic mass is 32.2. The fourth-order valence-corrected chi connectivity index (χ4v) is 9.17. The first kappa shape index (κ1) is 48.1. The quantitative estimate of drug-likeness (QED) is 0.0626. The van der Waals surface area contributed by atoms with E-state index in [0.717, 1.165) is 64.6 Å². The van der Waals surface area contributed by atoms with Crippen LogP contribution in [0, 0.1) is 0 Å². The lowest BCUT2D eigenvalue weighted by molar-refractivity contribution is -0.138. The number of benzene rings is 7. The van der Waals surface area contributed by atoms with Crippen molar-refractivity contribution in [3.8, 4) is 11.1 Å². The van der Waals surface area contributed by atoms with E-state index in [1.54, 1.807) is 6.26 Å². The normalized spacial score (nSPS) is 13.3. The largest absolute Gasteiger partial charge is 0.416 e. The van der Waals surface area contributed by atoms with Crippen LogP contribution in [-0.4, -0.2) is 23.9 Å². The Kier molecular flexibility index (Phi) is 13.7. The lowest BCUT2D eigenvalue weighted by Gasteiger charge is -2.44. The minimum Gasteiger partial charge on any atom is -0.289 e. The monoisotopic (exact) mass is 926 g/mol. The molecule has 1 unspecified atom stereocenters. The summed E-state index contributed by atoms with van der Waals surface area (Å²) in [5.41, 5.74) is -1.52. The third-order valence-corrected chi connectivity index (χ3v) is 13.0. The zero-order chi connectivity index (χ0) is 47.4. The zero-order valence-corrected chi connectivity index (χ0v) is 34.7. The van der Waals surface area contributed by atoms with E-state index in [1.165, 1.54) is 0 Å². The van der Waals surface area contributed by atoms with Crippen LogP contribution in [0.2, 0.25) is 0 Å². The molecule has 0 aliphatic heterocycles. The van der Waals surface area contributed by atoms with E-state index in [2.05, 4.69) is 0 Å². The van der Waals surface area contributed by atoms with Crippen LogP contribution in [0.3, 0.4) is 0 Å². The van der Waals surface area contributed by atoms with Crippen LogP contribution in [-0.2, 0) is 38.8 Å². The van der Waals surface area contributed by atoms with E-state index < -0.39 is 63.0 Å². The Labute approximate surface area is 366 Å². The first-order valence-electron chi connectivity index (χ1n) is 19.5. The maximum atomic E-state index is 13.3. The third-order valence-electron chi connectivity index (χ3n) is 10.9.